The van der Waals surface area contributed by atoms with Gasteiger partial charge in [-0.05, 0) is 96.0 Å². The average Bonchev–Trinajstić information content (AvgIpc) is 3.65. The third-order valence-electron chi connectivity index (χ3n) is 10.8. The Bertz CT molecular complexity index is 2290. The molecule has 0 amide bonds. The number of aromatic nitrogens is 2. The van der Waals surface area contributed by atoms with Crippen LogP contribution in [-0.2, 0) is 46.3 Å². The normalized spacial score (nSPS) is 20.5. The molecule has 22 heteroatoms. The summed E-state index contributed by atoms with van der Waals surface area (Å²) in [6.07, 6.45) is 40.3. The van der Waals surface area contributed by atoms with Crippen LogP contribution in [0.5, 0.6) is 0 Å². The van der Waals surface area contributed by atoms with Crippen molar-refractivity contribution in [2.24, 2.45) is 0 Å². The number of hydrogen-bond acceptors (Lipinski definition) is 17. The SMILES string of the molecule is CC/C=C\C/C=C\C/C=C\C/C=C\C/C=C\C/C=C\CCC(=O)O[C@H](COC(=O)CCC[C@H](O)[C@@H](O)C/C=C\C/C=C\C/C=C\C/C=C\CC)COP(=O)(O)OP(=O)(O)OC[C@H]1O[C@@H](n2ccc(N)nc2=O)[C@H](O)[C@@H]1O. The Balaban J connectivity index is 1.90. The van der Waals surface area contributed by atoms with Gasteiger partial charge in [-0.2, -0.15) is 9.29 Å². The number of nitrogens with two attached hydrogens (primary N) is 1. The minimum atomic E-state index is -5.52. The zero-order valence-corrected chi connectivity index (χ0v) is 45.5. The molecule has 1 aliphatic rings. The van der Waals surface area contributed by atoms with Gasteiger partial charge in [-0.15, -0.1) is 0 Å². The van der Waals surface area contributed by atoms with Gasteiger partial charge in [0, 0.05) is 19.0 Å². The number of ether oxygens (including phenoxy) is 3. The second-order valence-electron chi connectivity index (χ2n) is 17.2. The zero-order chi connectivity index (χ0) is 55.9. The molecule has 8 N–H and O–H groups in total. The van der Waals surface area contributed by atoms with Gasteiger partial charge < -0.3 is 50.2 Å². The van der Waals surface area contributed by atoms with Crippen LogP contribution in [0.2, 0.25) is 0 Å². The van der Waals surface area contributed by atoms with Crippen molar-refractivity contribution in [1.29, 1.82) is 0 Å². The lowest BCUT2D eigenvalue weighted by Gasteiger charge is -2.21. The van der Waals surface area contributed by atoms with E-state index in [4.69, 9.17) is 29.0 Å². The first-order valence-electron chi connectivity index (χ1n) is 25.7. The van der Waals surface area contributed by atoms with E-state index in [1.807, 2.05) is 36.5 Å². The molecule has 1 aromatic heterocycles. The summed E-state index contributed by atoms with van der Waals surface area (Å²) < 4.78 is 56.5. The fourth-order valence-corrected chi connectivity index (χ4v) is 8.83. The number of allylic oxidation sites excluding steroid dienone is 19. The Morgan fingerprint density at radius 2 is 1.17 bits per heavy atom. The number of phosphoric acid groups is 2. The van der Waals surface area contributed by atoms with Crippen molar-refractivity contribution < 1.29 is 76.5 Å². The summed E-state index contributed by atoms with van der Waals surface area (Å²) in [5.41, 5.74) is 4.55. The Morgan fingerprint density at radius 3 is 1.68 bits per heavy atom. The maximum Gasteiger partial charge on any atom is 0.481 e. The maximum atomic E-state index is 12.9. The van der Waals surface area contributed by atoms with Gasteiger partial charge in [-0.25, -0.2) is 13.9 Å². The molecule has 0 radical (unpaired) electrons. The summed E-state index contributed by atoms with van der Waals surface area (Å²) in [5, 5.41) is 41.8. The first kappa shape index (κ1) is 67.2. The second-order valence-corrected chi connectivity index (χ2v) is 20.3. The van der Waals surface area contributed by atoms with Crippen molar-refractivity contribution in [2.75, 3.05) is 25.6 Å². The van der Waals surface area contributed by atoms with Gasteiger partial charge in [0.15, 0.2) is 12.3 Å². The van der Waals surface area contributed by atoms with Crippen LogP contribution >= 0.6 is 15.6 Å². The van der Waals surface area contributed by atoms with Crippen molar-refractivity contribution >= 4 is 33.4 Å². The quantitative estimate of drug-likeness (QED) is 0.0183. The lowest BCUT2D eigenvalue weighted by atomic mass is 10.0. The first-order chi connectivity index (χ1) is 36.5. The van der Waals surface area contributed by atoms with Crippen LogP contribution in [0.25, 0.3) is 0 Å². The molecular weight excluding hydrogens is 1020 g/mol. The van der Waals surface area contributed by atoms with Crippen molar-refractivity contribution in [1.82, 2.24) is 9.55 Å². The monoisotopic (exact) mass is 1110 g/mol. The standard InChI is InChI=1S/C54H81N3O17P2/c1-3-5-7-9-11-13-15-17-18-19-20-21-22-23-25-27-29-31-33-37-50(61)72-44(41-69-49(60)38-34-36-46(59)45(58)35-32-30-28-26-24-16-14-12-10-8-6-4-2)42-70-75(65,66)74-76(67,68)71-43-47-51(62)52(63)53(73-47)57-40-39-48(55)56-54(57)64/h5-8,11-14,17-18,20-21,23-26,29-32,39-40,44-47,51-53,58-59,62-63H,3-4,9-10,15-16,19,22,27-28,33-38,41-43H2,1-2H3,(H,65,66)(H,67,68)(H2,55,56,64)/b7-5-,8-6-,13-11-,14-12-,18-17-,21-20-,25-23-,26-24-,31-29-,32-30-/t44-,45+,46+,47-,51-,52-,53-/m1/s1. The maximum absolute atomic E-state index is 12.9. The molecule has 0 spiro atoms. The van der Waals surface area contributed by atoms with Gasteiger partial charge in [0.1, 0.15) is 30.7 Å². The summed E-state index contributed by atoms with van der Waals surface area (Å²) in [6.45, 7) is 1.55. The topological polar surface area (TPSA) is 306 Å². The average molecular weight is 1110 g/mol. The number of anilines is 1. The molecule has 9 atom stereocenters. The van der Waals surface area contributed by atoms with E-state index in [0.29, 0.717) is 12.8 Å². The summed E-state index contributed by atoms with van der Waals surface area (Å²) in [4.78, 5) is 62.0. The van der Waals surface area contributed by atoms with Crippen molar-refractivity contribution in [3.05, 3.63) is 144 Å². The van der Waals surface area contributed by atoms with Crippen LogP contribution in [0.1, 0.15) is 123 Å². The summed E-state index contributed by atoms with van der Waals surface area (Å²) >= 11 is 0. The number of nitrogen functional groups attached to an aromatic ring is 1. The number of nitrogens with zero attached hydrogens (tertiary/aromatic N) is 2. The highest BCUT2D eigenvalue weighted by Gasteiger charge is 2.46. The van der Waals surface area contributed by atoms with E-state index >= 15 is 0 Å². The van der Waals surface area contributed by atoms with Crippen molar-refractivity contribution in [3.63, 3.8) is 0 Å². The molecular formula is C54H81N3O17P2. The number of esters is 2. The number of aliphatic hydroxyl groups is 4. The number of rotatable bonds is 40. The molecule has 1 aromatic rings. The number of aliphatic hydroxyl groups excluding tert-OH is 4. The van der Waals surface area contributed by atoms with E-state index in [2.05, 4.69) is 96.1 Å². The largest absolute Gasteiger partial charge is 0.481 e. The summed E-state index contributed by atoms with van der Waals surface area (Å²) in [6, 6.07) is 1.22. The molecule has 20 nitrogen and oxygen atoms in total. The predicted molar refractivity (Wildman–Crippen MR) is 291 cm³/mol. The molecule has 424 valence electrons. The van der Waals surface area contributed by atoms with Crippen molar-refractivity contribution in [3.8, 4) is 0 Å². The van der Waals surface area contributed by atoms with Gasteiger partial charge in [0.05, 0.1) is 25.4 Å². The van der Waals surface area contributed by atoms with Crippen LogP contribution in [0.3, 0.4) is 0 Å². The molecule has 76 heavy (non-hydrogen) atoms. The van der Waals surface area contributed by atoms with E-state index in [0.717, 1.165) is 62.1 Å². The van der Waals surface area contributed by atoms with Gasteiger partial charge >= 0.3 is 33.3 Å². The van der Waals surface area contributed by atoms with Crippen LogP contribution in [0, 0.1) is 0 Å². The van der Waals surface area contributed by atoms with E-state index in [9.17, 15) is 53.7 Å². The number of carbonyl (C=O) groups is 2. The number of carbonyl (C=O) groups excluding carboxylic acids is 2. The highest BCUT2D eigenvalue weighted by atomic mass is 31.3. The molecule has 2 rings (SSSR count). The Hall–Kier alpha value is -4.92. The van der Waals surface area contributed by atoms with E-state index in [1.165, 1.54) is 6.07 Å². The molecule has 1 aliphatic heterocycles. The Morgan fingerprint density at radius 1 is 0.684 bits per heavy atom. The molecule has 0 aromatic carbocycles. The summed E-state index contributed by atoms with van der Waals surface area (Å²) in [7, 11) is -11.0. The number of hydrogen-bond donors (Lipinski definition) is 7. The molecule has 1 saturated heterocycles. The van der Waals surface area contributed by atoms with Gasteiger partial charge in [-0.1, -0.05) is 135 Å². The third kappa shape index (κ3) is 32.0. The van der Waals surface area contributed by atoms with Gasteiger partial charge in [0.2, 0.25) is 0 Å². The van der Waals surface area contributed by atoms with Crippen LogP contribution < -0.4 is 11.4 Å². The van der Waals surface area contributed by atoms with Crippen LogP contribution in [0.4, 0.5) is 5.82 Å². The Labute approximate surface area is 447 Å². The molecule has 0 saturated carbocycles. The fourth-order valence-electron chi connectivity index (χ4n) is 6.72. The summed E-state index contributed by atoms with van der Waals surface area (Å²) in [5.74, 6) is -1.72. The van der Waals surface area contributed by atoms with Gasteiger partial charge in [0.25, 0.3) is 0 Å². The highest BCUT2D eigenvalue weighted by Crippen LogP contribution is 2.60. The molecule has 0 aliphatic carbocycles. The Kier molecular flexibility index (Phi) is 35.6. The minimum absolute atomic E-state index is 0.0569. The third-order valence-corrected chi connectivity index (χ3v) is 13.4. The molecule has 1 fully saturated rings. The number of phosphoric ester groups is 2. The highest BCUT2D eigenvalue weighted by molar-refractivity contribution is 7.61. The fraction of sp³-hybridized carbons (Fsp3) is 0.519. The predicted octanol–water partition coefficient (Wildman–Crippen LogP) is 8.72. The van der Waals surface area contributed by atoms with Crippen LogP contribution in [-0.4, -0.2) is 108 Å². The van der Waals surface area contributed by atoms with E-state index in [1.54, 1.807) is 12.2 Å². The van der Waals surface area contributed by atoms with E-state index < -0.39 is 95.9 Å². The molecule has 0 bridgehead atoms. The lowest BCUT2D eigenvalue weighted by molar-refractivity contribution is -0.161. The molecule has 2 heterocycles. The first-order valence-corrected chi connectivity index (χ1v) is 28.7. The molecule has 2 unspecified atom stereocenters. The van der Waals surface area contributed by atoms with Crippen molar-refractivity contribution in [2.45, 2.75) is 159 Å². The van der Waals surface area contributed by atoms with E-state index in [-0.39, 0.29) is 44.3 Å². The smallest absolute Gasteiger partial charge is 0.462 e. The minimum Gasteiger partial charge on any atom is -0.462 e. The second kappa shape index (κ2) is 40.3. The zero-order valence-electron chi connectivity index (χ0n) is 43.7. The van der Waals surface area contributed by atoms with Crippen LogP contribution in [0.15, 0.2) is 139 Å². The van der Waals surface area contributed by atoms with Gasteiger partial charge in [-0.3, -0.25) is 23.2 Å². The lowest BCUT2D eigenvalue weighted by Crippen LogP contribution is -2.36.